The number of aliphatic hydroxyl groups is 1. The average molecular weight is 281 g/mol. The molecule has 0 saturated heterocycles. The molecule has 0 aromatic carbocycles. The van der Waals surface area contributed by atoms with Crippen LogP contribution in [0, 0.1) is 0 Å². The molecule has 0 atom stereocenters. The maximum Gasteiger partial charge on any atom is 0.358 e. The molecule has 0 saturated carbocycles. The SMILES string of the molecule is Cn1cc(-c2c(C(=O)O)nnn2CCOCCO)cn1. The number of carboxylic acid groups (broad SMARTS) is 1. The summed E-state index contributed by atoms with van der Waals surface area (Å²) in [5.41, 5.74) is 0.885. The van der Waals surface area contributed by atoms with Crippen LogP contribution in [-0.2, 0) is 18.3 Å². The Hall–Kier alpha value is -2.26. The molecule has 108 valence electrons. The summed E-state index contributed by atoms with van der Waals surface area (Å²) in [6, 6.07) is 0. The van der Waals surface area contributed by atoms with Gasteiger partial charge in [-0.15, -0.1) is 5.10 Å². The van der Waals surface area contributed by atoms with Crippen LogP contribution in [0.25, 0.3) is 11.3 Å². The number of nitrogens with zero attached hydrogens (tertiary/aromatic N) is 5. The Kier molecular flexibility index (Phi) is 4.43. The van der Waals surface area contributed by atoms with E-state index in [2.05, 4.69) is 15.4 Å². The fourth-order valence-corrected chi connectivity index (χ4v) is 1.76. The quantitative estimate of drug-likeness (QED) is 0.650. The summed E-state index contributed by atoms with van der Waals surface area (Å²) < 4.78 is 8.17. The fraction of sp³-hybridized carbons (Fsp3) is 0.455. The lowest BCUT2D eigenvalue weighted by Crippen LogP contribution is -2.11. The van der Waals surface area contributed by atoms with Crippen LogP contribution in [0.5, 0.6) is 0 Å². The van der Waals surface area contributed by atoms with Crippen LogP contribution in [0.15, 0.2) is 12.4 Å². The monoisotopic (exact) mass is 281 g/mol. The molecule has 0 spiro atoms. The summed E-state index contributed by atoms with van der Waals surface area (Å²) in [4.78, 5) is 11.2. The zero-order valence-electron chi connectivity index (χ0n) is 10.9. The van der Waals surface area contributed by atoms with Gasteiger partial charge in [0, 0.05) is 18.8 Å². The molecule has 0 unspecified atom stereocenters. The normalized spacial score (nSPS) is 10.9. The molecular formula is C11H15N5O4. The number of carboxylic acids is 1. The highest BCUT2D eigenvalue weighted by Crippen LogP contribution is 2.21. The van der Waals surface area contributed by atoms with E-state index in [0.29, 0.717) is 24.4 Å². The first-order chi connectivity index (χ1) is 9.63. The third-order valence-corrected chi connectivity index (χ3v) is 2.60. The molecule has 0 bridgehead atoms. The zero-order valence-corrected chi connectivity index (χ0v) is 10.9. The van der Waals surface area contributed by atoms with E-state index in [0.717, 1.165) is 0 Å². The summed E-state index contributed by atoms with van der Waals surface area (Å²) >= 11 is 0. The molecule has 9 heteroatoms. The first kappa shape index (κ1) is 14.2. The number of carbonyl (C=O) groups is 1. The number of aliphatic hydroxyl groups excluding tert-OH is 1. The summed E-state index contributed by atoms with van der Waals surface area (Å²) in [6.45, 7) is 0.802. The van der Waals surface area contributed by atoms with Crippen molar-refractivity contribution >= 4 is 5.97 Å². The third kappa shape index (κ3) is 3.00. The minimum absolute atomic E-state index is 0.0623. The maximum atomic E-state index is 11.2. The van der Waals surface area contributed by atoms with Crippen LogP contribution >= 0.6 is 0 Å². The summed E-state index contributed by atoms with van der Waals surface area (Å²) in [5.74, 6) is -1.15. The minimum Gasteiger partial charge on any atom is -0.476 e. The summed E-state index contributed by atoms with van der Waals surface area (Å²) in [7, 11) is 1.74. The number of aryl methyl sites for hydroxylation is 1. The maximum absolute atomic E-state index is 11.2. The van der Waals surface area contributed by atoms with Crippen molar-refractivity contribution in [1.82, 2.24) is 24.8 Å². The Labute approximate surface area is 114 Å². The van der Waals surface area contributed by atoms with Gasteiger partial charge in [0.05, 0.1) is 32.6 Å². The molecule has 2 heterocycles. The van der Waals surface area contributed by atoms with Crippen molar-refractivity contribution in [3.63, 3.8) is 0 Å². The molecule has 0 amide bonds. The molecule has 2 rings (SSSR count). The second-order valence-corrected chi connectivity index (χ2v) is 4.05. The lowest BCUT2D eigenvalue weighted by atomic mass is 10.2. The van der Waals surface area contributed by atoms with E-state index < -0.39 is 5.97 Å². The van der Waals surface area contributed by atoms with Gasteiger partial charge in [-0.3, -0.25) is 4.68 Å². The Balaban J connectivity index is 2.26. The molecule has 0 aliphatic heterocycles. The summed E-state index contributed by atoms with van der Waals surface area (Å²) in [5, 5.41) is 29.3. The Morgan fingerprint density at radius 2 is 2.25 bits per heavy atom. The van der Waals surface area contributed by atoms with Crippen molar-refractivity contribution in [3.05, 3.63) is 18.1 Å². The largest absolute Gasteiger partial charge is 0.476 e. The second-order valence-electron chi connectivity index (χ2n) is 4.05. The smallest absolute Gasteiger partial charge is 0.358 e. The first-order valence-corrected chi connectivity index (χ1v) is 5.98. The van der Waals surface area contributed by atoms with Gasteiger partial charge < -0.3 is 14.9 Å². The molecule has 20 heavy (non-hydrogen) atoms. The molecular weight excluding hydrogens is 266 g/mol. The van der Waals surface area contributed by atoms with Gasteiger partial charge in [-0.1, -0.05) is 5.21 Å². The molecule has 9 nitrogen and oxygen atoms in total. The van der Waals surface area contributed by atoms with E-state index in [1.165, 1.54) is 4.68 Å². The average Bonchev–Trinajstić information content (AvgIpc) is 3.00. The minimum atomic E-state index is -1.15. The van der Waals surface area contributed by atoms with E-state index in [1.807, 2.05) is 0 Å². The van der Waals surface area contributed by atoms with Gasteiger partial charge in [0.1, 0.15) is 5.69 Å². The molecule has 0 radical (unpaired) electrons. The van der Waals surface area contributed by atoms with Gasteiger partial charge in [0.15, 0.2) is 5.69 Å². The van der Waals surface area contributed by atoms with Crippen molar-refractivity contribution in [2.75, 3.05) is 19.8 Å². The molecule has 0 fully saturated rings. The van der Waals surface area contributed by atoms with Crippen molar-refractivity contribution < 1.29 is 19.7 Å². The van der Waals surface area contributed by atoms with E-state index >= 15 is 0 Å². The van der Waals surface area contributed by atoms with Crippen molar-refractivity contribution in [3.8, 4) is 11.3 Å². The molecule has 0 aliphatic carbocycles. The predicted molar refractivity (Wildman–Crippen MR) is 67.1 cm³/mol. The topological polar surface area (TPSA) is 115 Å². The zero-order chi connectivity index (χ0) is 14.5. The highest BCUT2D eigenvalue weighted by atomic mass is 16.5. The Morgan fingerprint density at radius 3 is 2.85 bits per heavy atom. The van der Waals surface area contributed by atoms with Gasteiger partial charge in [0.2, 0.25) is 0 Å². The van der Waals surface area contributed by atoms with E-state index in [1.54, 1.807) is 24.1 Å². The van der Waals surface area contributed by atoms with Crippen LogP contribution < -0.4 is 0 Å². The van der Waals surface area contributed by atoms with Crippen LogP contribution in [0.3, 0.4) is 0 Å². The van der Waals surface area contributed by atoms with Crippen molar-refractivity contribution in [2.45, 2.75) is 6.54 Å². The van der Waals surface area contributed by atoms with Gasteiger partial charge in [-0.05, 0) is 0 Å². The molecule has 2 N–H and O–H groups in total. The van der Waals surface area contributed by atoms with Crippen LogP contribution in [0.4, 0.5) is 0 Å². The van der Waals surface area contributed by atoms with Crippen molar-refractivity contribution in [2.24, 2.45) is 7.05 Å². The van der Waals surface area contributed by atoms with Gasteiger partial charge in [-0.25, -0.2) is 9.48 Å². The van der Waals surface area contributed by atoms with E-state index in [9.17, 15) is 4.79 Å². The number of aromatic carboxylic acids is 1. The molecule has 0 aliphatic rings. The number of aromatic nitrogens is 5. The Morgan fingerprint density at radius 1 is 1.45 bits per heavy atom. The van der Waals surface area contributed by atoms with E-state index in [-0.39, 0.29) is 18.9 Å². The molecule has 2 aromatic rings. The van der Waals surface area contributed by atoms with E-state index in [4.69, 9.17) is 14.9 Å². The highest BCUT2D eigenvalue weighted by molar-refractivity contribution is 5.92. The highest BCUT2D eigenvalue weighted by Gasteiger charge is 2.21. The number of ether oxygens (including phenoxy) is 1. The first-order valence-electron chi connectivity index (χ1n) is 5.98. The van der Waals surface area contributed by atoms with Gasteiger partial charge >= 0.3 is 5.97 Å². The van der Waals surface area contributed by atoms with Crippen molar-refractivity contribution in [1.29, 1.82) is 0 Å². The van der Waals surface area contributed by atoms with Gasteiger partial charge in [-0.2, -0.15) is 5.10 Å². The Bertz CT molecular complexity index is 591. The fourth-order valence-electron chi connectivity index (χ4n) is 1.76. The summed E-state index contributed by atoms with van der Waals surface area (Å²) in [6.07, 6.45) is 3.24. The lowest BCUT2D eigenvalue weighted by molar-refractivity contribution is 0.0691. The predicted octanol–water partition coefficient (Wildman–Crippen LogP) is -0.614. The number of hydrogen-bond acceptors (Lipinski definition) is 6. The third-order valence-electron chi connectivity index (χ3n) is 2.60. The van der Waals surface area contributed by atoms with Crippen LogP contribution in [0.2, 0.25) is 0 Å². The second kappa shape index (κ2) is 6.26. The number of rotatable bonds is 7. The van der Waals surface area contributed by atoms with Crippen LogP contribution in [0.1, 0.15) is 10.5 Å². The number of hydrogen-bond donors (Lipinski definition) is 2. The van der Waals surface area contributed by atoms with Crippen LogP contribution in [-0.4, -0.2) is 60.8 Å². The molecule has 2 aromatic heterocycles. The van der Waals surface area contributed by atoms with Gasteiger partial charge in [0.25, 0.3) is 0 Å². The standard InChI is InChI=1S/C11H15N5O4/c1-15-7-8(6-12-15)10-9(11(18)19)13-14-16(10)2-4-20-5-3-17/h6-7,17H,2-5H2,1H3,(H,18,19). The lowest BCUT2D eigenvalue weighted by Gasteiger charge is -2.05.